The van der Waals surface area contributed by atoms with Crippen LogP contribution in [0.5, 0.6) is 0 Å². The molecule has 0 fully saturated rings. The van der Waals surface area contributed by atoms with Gasteiger partial charge in [0.1, 0.15) is 0 Å². The predicted octanol–water partition coefficient (Wildman–Crippen LogP) is 0.605. The summed E-state index contributed by atoms with van der Waals surface area (Å²) in [5.41, 5.74) is 5.25. The molecule has 0 saturated carbocycles. The van der Waals surface area contributed by atoms with Gasteiger partial charge in [-0.05, 0) is 6.42 Å². The smallest absolute Gasteiger partial charge is 0.0320 e. The minimum Gasteiger partial charge on any atom is -0.329 e. The first-order valence-corrected chi connectivity index (χ1v) is 2.51. The molecule has 1 heteroatoms. The third-order valence-electron chi connectivity index (χ3n) is 1.01. The Labute approximate surface area is 44.9 Å². The number of terminal acetylenes is 1. The van der Waals surface area contributed by atoms with Gasteiger partial charge in [-0.15, -0.1) is 12.3 Å². The Kier molecular flexibility index (Phi) is 3.45. The van der Waals surface area contributed by atoms with Crippen LogP contribution in [0, 0.1) is 18.3 Å². The molecule has 0 aromatic carbocycles. The molecule has 1 nitrogen and oxygen atoms in total. The van der Waals surface area contributed by atoms with Crippen LogP contribution < -0.4 is 5.73 Å². The van der Waals surface area contributed by atoms with Gasteiger partial charge in [-0.2, -0.15) is 0 Å². The highest BCUT2D eigenvalue weighted by atomic mass is 14.5. The lowest BCUT2D eigenvalue weighted by molar-refractivity contribution is 0.662. The third-order valence-corrected chi connectivity index (χ3v) is 1.01. The van der Waals surface area contributed by atoms with Gasteiger partial charge in [0.15, 0.2) is 0 Å². The van der Waals surface area contributed by atoms with Gasteiger partial charge >= 0.3 is 0 Å². The van der Waals surface area contributed by atoms with E-state index in [2.05, 4.69) is 5.92 Å². The molecule has 0 aromatic heterocycles. The molecule has 0 aliphatic heterocycles. The average Bonchev–Trinajstić information content (AvgIpc) is 1.72. The van der Waals surface area contributed by atoms with E-state index in [0.717, 1.165) is 6.42 Å². The highest BCUT2D eigenvalue weighted by Crippen LogP contribution is 1.94. The quantitative estimate of drug-likeness (QED) is 0.502. The molecule has 40 valence electrons. The van der Waals surface area contributed by atoms with Crippen LogP contribution in [0.2, 0.25) is 0 Å². The summed E-state index contributed by atoms with van der Waals surface area (Å²) in [5, 5.41) is 0. The van der Waals surface area contributed by atoms with Crippen molar-refractivity contribution in [3.05, 3.63) is 0 Å². The highest BCUT2D eigenvalue weighted by Gasteiger charge is 1.93. The Balaban J connectivity index is 3.23. The van der Waals surface area contributed by atoms with Crippen molar-refractivity contribution in [3.63, 3.8) is 0 Å². The summed E-state index contributed by atoms with van der Waals surface area (Å²) in [6, 6.07) is 0. The van der Waals surface area contributed by atoms with Crippen LogP contribution in [-0.2, 0) is 0 Å². The zero-order chi connectivity index (χ0) is 5.70. The maximum Gasteiger partial charge on any atom is 0.0320 e. The zero-order valence-electron chi connectivity index (χ0n) is 4.65. The summed E-state index contributed by atoms with van der Waals surface area (Å²) in [4.78, 5) is 0. The summed E-state index contributed by atoms with van der Waals surface area (Å²) in [6.45, 7) is 2.66. The molecule has 0 spiro atoms. The fourth-order valence-corrected chi connectivity index (χ4v) is 0.353. The van der Waals surface area contributed by atoms with E-state index in [4.69, 9.17) is 12.2 Å². The lowest BCUT2D eigenvalue weighted by atomic mass is 10.1. The number of hydrogen-bond donors (Lipinski definition) is 1. The van der Waals surface area contributed by atoms with Crippen molar-refractivity contribution < 1.29 is 0 Å². The molecule has 1 atom stereocenters. The van der Waals surface area contributed by atoms with Gasteiger partial charge in [0.05, 0.1) is 0 Å². The van der Waals surface area contributed by atoms with E-state index in [1.54, 1.807) is 0 Å². The standard InChI is InChI=1S/C6H11N/c1-3-6(4-2)5-7/h1,6H,4-5,7H2,2H3. The van der Waals surface area contributed by atoms with Gasteiger partial charge in [0.2, 0.25) is 0 Å². The molecular formula is C6H11N. The van der Waals surface area contributed by atoms with Gasteiger partial charge in [-0.25, -0.2) is 0 Å². The van der Waals surface area contributed by atoms with Crippen LogP contribution >= 0.6 is 0 Å². The molecule has 0 radical (unpaired) electrons. The molecular weight excluding hydrogens is 86.1 g/mol. The van der Waals surface area contributed by atoms with Crippen molar-refractivity contribution in [1.82, 2.24) is 0 Å². The van der Waals surface area contributed by atoms with Gasteiger partial charge < -0.3 is 5.73 Å². The maximum atomic E-state index is 5.25. The molecule has 0 aliphatic rings. The van der Waals surface area contributed by atoms with Gasteiger partial charge in [0, 0.05) is 12.5 Å². The van der Waals surface area contributed by atoms with E-state index in [-0.39, 0.29) is 0 Å². The van der Waals surface area contributed by atoms with Crippen molar-refractivity contribution in [1.29, 1.82) is 0 Å². The molecule has 0 rings (SSSR count). The molecule has 2 N–H and O–H groups in total. The van der Waals surface area contributed by atoms with Crippen LogP contribution in [0.4, 0.5) is 0 Å². The number of nitrogens with two attached hydrogens (primary N) is 1. The van der Waals surface area contributed by atoms with Crippen molar-refractivity contribution in [2.24, 2.45) is 11.7 Å². The summed E-state index contributed by atoms with van der Waals surface area (Å²) in [7, 11) is 0. The Morgan fingerprint density at radius 2 is 2.43 bits per heavy atom. The fourth-order valence-electron chi connectivity index (χ4n) is 0.353. The van der Waals surface area contributed by atoms with E-state index < -0.39 is 0 Å². The summed E-state index contributed by atoms with van der Waals surface area (Å²) < 4.78 is 0. The molecule has 1 unspecified atom stereocenters. The Morgan fingerprint density at radius 1 is 1.86 bits per heavy atom. The lowest BCUT2D eigenvalue weighted by Crippen LogP contribution is -2.10. The number of rotatable bonds is 2. The molecule has 0 aliphatic carbocycles. The van der Waals surface area contributed by atoms with Crippen LogP contribution in [0.15, 0.2) is 0 Å². The van der Waals surface area contributed by atoms with E-state index in [0.29, 0.717) is 12.5 Å². The molecule has 0 bridgehead atoms. The minimum atomic E-state index is 0.292. The summed E-state index contributed by atoms with van der Waals surface area (Å²) in [6.07, 6.45) is 6.06. The predicted molar refractivity (Wildman–Crippen MR) is 31.7 cm³/mol. The average molecular weight is 97.2 g/mol. The lowest BCUT2D eigenvalue weighted by Gasteiger charge is -1.98. The van der Waals surface area contributed by atoms with Crippen molar-refractivity contribution in [2.45, 2.75) is 13.3 Å². The molecule has 0 aromatic rings. The molecule has 0 amide bonds. The second-order valence-corrected chi connectivity index (χ2v) is 1.51. The highest BCUT2D eigenvalue weighted by molar-refractivity contribution is 4.92. The van der Waals surface area contributed by atoms with E-state index in [1.165, 1.54) is 0 Å². The molecule has 0 heterocycles. The van der Waals surface area contributed by atoms with Crippen molar-refractivity contribution in [2.75, 3.05) is 6.54 Å². The fraction of sp³-hybridized carbons (Fsp3) is 0.667. The summed E-state index contributed by atoms with van der Waals surface area (Å²) >= 11 is 0. The largest absolute Gasteiger partial charge is 0.329 e. The first kappa shape index (κ1) is 6.52. The minimum absolute atomic E-state index is 0.292. The number of hydrogen-bond acceptors (Lipinski definition) is 1. The monoisotopic (exact) mass is 97.1 g/mol. The Morgan fingerprint density at radius 3 is 2.43 bits per heavy atom. The second kappa shape index (κ2) is 3.70. The van der Waals surface area contributed by atoms with Gasteiger partial charge in [-0.3, -0.25) is 0 Å². The van der Waals surface area contributed by atoms with Crippen LogP contribution in [0.25, 0.3) is 0 Å². The molecule has 0 saturated heterocycles. The van der Waals surface area contributed by atoms with Gasteiger partial charge in [0.25, 0.3) is 0 Å². The second-order valence-electron chi connectivity index (χ2n) is 1.51. The van der Waals surface area contributed by atoms with Crippen LogP contribution in [-0.4, -0.2) is 6.54 Å². The first-order chi connectivity index (χ1) is 3.35. The SMILES string of the molecule is C#CC(CC)CN. The Hall–Kier alpha value is -0.480. The first-order valence-electron chi connectivity index (χ1n) is 2.51. The van der Waals surface area contributed by atoms with Crippen molar-refractivity contribution >= 4 is 0 Å². The van der Waals surface area contributed by atoms with Crippen molar-refractivity contribution in [3.8, 4) is 12.3 Å². The van der Waals surface area contributed by atoms with Crippen LogP contribution in [0.1, 0.15) is 13.3 Å². The topological polar surface area (TPSA) is 26.0 Å². The zero-order valence-corrected chi connectivity index (χ0v) is 4.65. The van der Waals surface area contributed by atoms with E-state index in [9.17, 15) is 0 Å². The van der Waals surface area contributed by atoms with Gasteiger partial charge in [-0.1, -0.05) is 6.92 Å². The van der Waals surface area contributed by atoms with Crippen LogP contribution in [0.3, 0.4) is 0 Å². The Bertz CT molecular complexity index is 66.7. The van der Waals surface area contributed by atoms with E-state index >= 15 is 0 Å². The summed E-state index contributed by atoms with van der Waals surface area (Å²) in [5.74, 6) is 2.87. The van der Waals surface area contributed by atoms with E-state index in [1.807, 2.05) is 6.92 Å². The molecule has 7 heavy (non-hydrogen) atoms. The normalized spacial score (nSPS) is 12.7. The maximum absolute atomic E-state index is 5.25. The third kappa shape index (κ3) is 2.24.